The first-order valence-corrected chi connectivity index (χ1v) is 9.03. The molecule has 2 aromatic heterocycles. The molecule has 1 fully saturated rings. The maximum Gasteiger partial charge on any atom is 0.0961 e. The summed E-state index contributed by atoms with van der Waals surface area (Å²) in [5.74, 6) is 1.31. The molecule has 2 aliphatic rings. The molecule has 0 spiro atoms. The monoisotopic (exact) mass is 330 g/mol. The second-order valence-electron chi connectivity index (χ2n) is 7.28. The SMILES string of the molecule is Cn1nc(-c2ccccc2)c2c1C[C@@H]1CN(Cc3ccccn3)C[C@H]21. The van der Waals surface area contributed by atoms with Crippen molar-refractivity contribution in [2.24, 2.45) is 13.0 Å². The molecule has 0 saturated carbocycles. The fourth-order valence-corrected chi connectivity index (χ4v) is 4.61. The van der Waals surface area contributed by atoms with Crippen molar-refractivity contribution in [3.8, 4) is 11.3 Å². The standard InChI is InChI=1S/C21H22N4/c1-24-19-11-16-12-25(13-17-9-5-6-10-22-17)14-18(16)20(19)21(23-24)15-7-3-2-4-8-15/h2-10,16,18H,11-14H2,1H3/t16-,18+/m1/s1. The van der Waals surface area contributed by atoms with Gasteiger partial charge in [0.2, 0.25) is 0 Å². The molecule has 2 atom stereocenters. The Morgan fingerprint density at radius 1 is 1.04 bits per heavy atom. The van der Waals surface area contributed by atoms with Gasteiger partial charge in [0.15, 0.2) is 0 Å². The van der Waals surface area contributed by atoms with E-state index in [0.717, 1.165) is 31.7 Å². The lowest BCUT2D eigenvalue weighted by molar-refractivity contribution is 0.309. The Kier molecular flexibility index (Phi) is 3.45. The molecule has 0 N–H and O–H groups in total. The van der Waals surface area contributed by atoms with Gasteiger partial charge in [-0.15, -0.1) is 0 Å². The molecule has 1 aliphatic carbocycles. The first-order chi connectivity index (χ1) is 12.3. The van der Waals surface area contributed by atoms with E-state index in [1.165, 1.54) is 22.5 Å². The van der Waals surface area contributed by atoms with Crippen LogP contribution in [0.2, 0.25) is 0 Å². The van der Waals surface area contributed by atoms with E-state index in [1.807, 2.05) is 12.3 Å². The van der Waals surface area contributed by atoms with Crippen LogP contribution in [0.1, 0.15) is 22.9 Å². The fourth-order valence-electron chi connectivity index (χ4n) is 4.61. The molecule has 4 nitrogen and oxygen atoms in total. The molecule has 0 unspecified atom stereocenters. The molecular weight excluding hydrogens is 308 g/mol. The zero-order chi connectivity index (χ0) is 16.8. The van der Waals surface area contributed by atoms with Crippen molar-refractivity contribution in [3.05, 3.63) is 71.7 Å². The molecular formula is C21H22N4. The van der Waals surface area contributed by atoms with E-state index < -0.39 is 0 Å². The Balaban J connectivity index is 1.44. The highest BCUT2D eigenvalue weighted by Gasteiger charge is 2.43. The van der Waals surface area contributed by atoms with Crippen LogP contribution in [0.3, 0.4) is 0 Å². The normalized spacial score (nSPS) is 22.1. The van der Waals surface area contributed by atoms with Gasteiger partial charge in [-0.1, -0.05) is 36.4 Å². The van der Waals surface area contributed by atoms with E-state index in [0.29, 0.717) is 11.8 Å². The molecule has 0 amide bonds. The summed E-state index contributed by atoms with van der Waals surface area (Å²) in [6, 6.07) is 16.8. The molecule has 4 heteroatoms. The van der Waals surface area contributed by atoms with E-state index >= 15 is 0 Å². The zero-order valence-electron chi connectivity index (χ0n) is 14.5. The quantitative estimate of drug-likeness (QED) is 0.739. The van der Waals surface area contributed by atoms with Crippen molar-refractivity contribution in [1.82, 2.24) is 19.7 Å². The summed E-state index contributed by atoms with van der Waals surface area (Å²) in [5, 5.41) is 4.86. The molecule has 1 aliphatic heterocycles. The molecule has 5 rings (SSSR count). The Hall–Kier alpha value is -2.46. The van der Waals surface area contributed by atoms with Crippen LogP contribution in [0.5, 0.6) is 0 Å². The summed E-state index contributed by atoms with van der Waals surface area (Å²) in [4.78, 5) is 7.05. The fraction of sp³-hybridized carbons (Fsp3) is 0.333. The van der Waals surface area contributed by atoms with Gasteiger partial charge in [-0.2, -0.15) is 5.10 Å². The lowest BCUT2D eigenvalue weighted by atomic mass is 9.94. The summed E-state index contributed by atoms with van der Waals surface area (Å²) in [6.07, 6.45) is 3.04. The third kappa shape index (κ3) is 2.48. The summed E-state index contributed by atoms with van der Waals surface area (Å²) in [5.41, 5.74) is 6.51. The Labute approximate surface area is 148 Å². The van der Waals surface area contributed by atoms with Crippen molar-refractivity contribution in [3.63, 3.8) is 0 Å². The summed E-state index contributed by atoms with van der Waals surface area (Å²) >= 11 is 0. The van der Waals surface area contributed by atoms with Crippen molar-refractivity contribution in [2.45, 2.75) is 18.9 Å². The predicted molar refractivity (Wildman–Crippen MR) is 98.1 cm³/mol. The number of hydrogen-bond donors (Lipinski definition) is 0. The molecule has 3 aromatic rings. The van der Waals surface area contributed by atoms with Gasteiger partial charge in [0, 0.05) is 55.6 Å². The maximum absolute atomic E-state index is 4.86. The maximum atomic E-state index is 4.86. The second-order valence-corrected chi connectivity index (χ2v) is 7.28. The van der Waals surface area contributed by atoms with Crippen LogP contribution in [-0.2, 0) is 20.0 Å². The van der Waals surface area contributed by atoms with Crippen molar-refractivity contribution < 1.29 is 0 Å². The van der Waals surface area contributed by atoms with Gasteiger partial charge in [-0.05, 0) is 24.5 Å². The number of fused-ring (bicyclic) bond motifs is 3. The number of rotatable bonds is 3. The third-order valence-electron chi connectivity index (χ3n) is 5.71. The van der Waals surface area contributed by atoms with Crippen LogP contribution in [0, 0.1) is 5.92 Å². The van der Waals surface area contributed by atoms with Gasteiger partial charge < -0.3 is 0 Å². The van der Waals surface area contributed by atoms with Crippen molar-refractivity contribution in [2.75, 3.05) is 13.1 Å². The minimum absolute atomic E-state index is 0.600. The van der Waals surface area contributed by atoms with Crippen molar-refractivity contribution in [1.29, 1.82) is 0 Å². The lowest BCUT2D eigenvalue weighted by Crippen LogP contribution is -2.22. The number of nitrogens with zero attached hydrogens (tertiary/aromatic N) is 4. The van der Waals surface area contributed by atoms with E-state index in [4.69, 9.17) is 5.10 Å². The summed E-state index contributed by atoms with van der Waals surface area (Å²) < 4.78 is 2.11. The number of aromatic nitrogens is 3. The number of pyridine rings is 1. The molecule has 0 radical (unpaired) electrons. The van der Waals surface area contributed by atoms with E-state index in [2.05, 4.69) is 64.1 Å². The lowest BCUT2D eigenvalue weighted by Gasteiger charge is -2.16. The molecule has 0 bridgehead atoms. The van der Waals surface area contributed by atoms with Crippen LogP contribution < -0.4 is 0 Å². The highest BCUT2D eigenvalue weighted by Crippen LogP contribution is 2.47. The molecule has 25 heavy (non-hydrogen) atoms. The van der Waals surface area contributed by atoms with Gasteiger partial charge >= 0.3 is 0 Å². The van der Waals surface area contributed by atoms with Crippen LogP contribution in [0.25, 0.3) is 11.3 Å². The number of hydrogen-bond acceptors (Lipinski definition) is 3. The van der Waals surface area contributed by atoms with E-state index in [-0.39, 0.29) is 0 Å². The minimum Gasteiger partial charge on any atom is -0.297 e. The first kappa shape index (κ1) is 14.8. The Morgan fingerprint density at radius 2 is 1.88 bits per heavy atom. The van der Waals surface area contributed by atoms with Crippen LogP contribution in [-0.4, -0.2) is 32.8 Å². The van der Waals surface area contributed by atoms with Crippen molar-refractivity contribution >= 4 is 0 Å². The van der Waals surface area contributed by atoms with Gasteiger partial charge in [0.05, 0.1) is 11.4 Å². The number of likely N-dealkylation sites (tertiary alicyclic amines) is 1. The minimum atomic E-state index is 0.600. The molecule has 126 valence electrons. The zero-order valence-corrected chi connectivity index (χ0v) is 14.5. The third-order valence-corrected chi connectivity index (χ3v) is 5.71. The highest BCUT2D eigenvalue weighted by molar-refractivity contribution is 5.66. The largest absolute Gasteiger partial charge is 0.297 e. The first-order valence-electron chi connectivity index (χ1n) is 9.03. The average Bonchev–Trinajstić information content (AvgIpc) is 3.27. The Bertz CT molecular complexity index is 885. The number of benzene rings is 1. The van der Waals surface area contributed by atoms with Gasteiger partial charge in [-0.3, -0.25) is 14.6 Å². The van der Waals surface area contributed by atoms with E-state index in [9.17, 15) is 0 Å². The highest BCUT2D eigenvalue weighted by atomic mass is 15.3. The smallest absolute Gasteiger partial charge is 0.0961 e. The second kappa shape index (κ2) is 5.81. The summed E-state index contributed by atoms with van der Waals surface area (Å²) in [7, 11) is 2.10. The topological polar surface area (TPSA) is 34.0 Å². The Morgan fingerprint density at radius 3 is 2.68 bits per heavy atom. The summed E-state index contributed by atoms with van der Waals surface area (Å²) in [6.45, 7) is 3.22. The van der Waals surface area contributed by atoms with E-state index in [1.54, 1.807) is 0 Å². The van der Waals surface area contributed by atoms with Gasteiger partial charge in [0.25, 0.3) is 0 Å². The van der Waals surface area contributed by atoms with Crippen LogP contribution in [0.15, 0.2) is 54.7 Å². The predicted octanol–water partition coefficient (Wildman–Crippen LogP) is 3.25. The van der Waals surface area contributed by atoms with Gasteiger partial charge in [-0.25, -0.2) is 0 Å². The van der Waals surface area contributed by atoms with Gasteiger partial charge in [0.1, 0.15) is 0 Å². The molecule has 3 heterocycles. The number of aryl methyl sites for hydroxylation is 1. The molecule has 1 aromatic carbocycles. The van der Waals surface area contributed by atoms with Crippen LogP contribution in [0.4, 0.5) is 0 Å². The average molecular weight is 330 g/mol. The van der Waals surface area contributed by atoms with Crippen LogP contribution >= 0.6 is 0 Å². The molecule has 1 saturated heterocycles.